The van der Waals surface area contributed by atoms with Gasteiger partial charge in [-0.3, -0.25) is 4.79 Å². The molecule has 2 unspecified atom stereocenters. The van der Waals surface area contributed by atoms with Crippen LogP contribution in [0.15, 0.2) is 30.3 Å². The highest BCUT2D eigenvalue weighted by molar-refractivity contribution is 5.85. The first-order valence-corrected chi connectivity index (χ1v) is 9.63. The summed E-state index contributed by atoms with van der Waals surface area (Å²) in [5.41, 5.74) is 4.21. The fourth-order valence-electron chi connectivity index (χ4n) is 3.83. The van der Waals surface area contributed by atoms with Gasteiger partial charge in [-0.05, 0) is 69.3 Å². The van der Waals surface area contributed by atoms with Gasteiger partial charge in [0.15, 0.2) is 0 Å². The van der Waals surface area contributed by atoms with Gasteiger partial charge in [0, 0.05) is 18.7 Å². The third-order valence-corrected chi connectivity index (χ3v) is 5.35. The lowest BCUT2D eigenvalue weighted by Crippen LogP contribution is -2.35. The van der Waals surface area contributed by atoms with Gasteiger partial charge >= 0.3 is 0 Å². The van der Waals surface area contributed by atoms with Crippen LogP contribution in [0.4, 0.5) is 0 Å². The van der Waals surface area contributed by atoms with E-state index in [0.29, 0.717) is 24.8 Å². The van der Waals surface area contributed by atoms with Gasteiger partial charge in [0.1, 0.15) is 0 Å². The van der Waals surface area contributed by atoms with Crippen LogP contribution in [0, 0.1) is 25.7 Å². The summed E-state index contributed by atoms with van der Waals surface area (Å²) < 4.78 is 1.95. The molecule has 5 nitrogen and oxygen atoms in total. The van der Waals surface area contributed by atoms with Crippen LogP contribution in [-0.4, -0.2) is 28.8 Å². The predicted molar refractivity (Wildman–Crippen MR) is 112 cm³/mol. The second kappa shape index (κ2) is 9.90. The molecule has 2 heterocycles. The third kappa shape index (κ3) is 5.56. The van der Waals surface area contributed by atoms with Crippen molar-refractivity contribution in [2.24, 2.45) is 11.8 Å². The monoisotopic (exact) mass is 390 g/mol. The molecule has 0 bridgehead atoms. The third-order valence-electron chi connectivity index (χ3n) is 5.35. The van der Waals surface area contributed by atoms with Crippen molar-refractivity contribution in [3.05, 3.63) is 47.3 Å². The van der Waals surface area contributed by atoms with Gasteiger partial charge in [0.2, 0.25) is 5.91 Å². The predicted octanol–water partition coefficient (Wildman–Crippen LogP) is 3.55. The highest BCUT2D eigenvalue weighted by Crippen LogP contribution is 2.22. The molecule has 1 aliphatic heterocycles. The van der Waals surface area contributed by atoms with E-state index in [0.717, 1.165) is 35.7 Å². The zero-order chi connectivity index (χ0) is 18.5. The lowest BCUT2D eigenvalue weighted by atomic mass is 9.85. The van der Waals surface area contributed by atoms with Crippen LogP contribution < -0.4 is 10.6 Å². The van der Waals surface area contributed by atoms with Crippen molar-refractivity contribution in [2.75, 3.05) is 13.1 Å². The highest BCUT2D eigenvalue weighted by Gasteiger charge is 2.22. The summed E-state index contributed by atoms with van der Waals surface area (Å²) in [5, 5.41) is 11.1. The number of aromatic nitrogens is 2. The molecular weight excluding hydrogens is 360 g/mol. The van der Waals surface area contributed by atoms with Gasteiger partial charge in [0.25, 0.3) is 0 Å². The molecule has 1 saturated heterocycles. The van der Waals surface area contributed by atoms with E-state index in [1.54, 1.807) is 0 Å². The van der Waals surface area contributed by atoms with E-state index in [2.05, 4.69) is 47.8 Å². The van der Waals surface area contributed by atoms with Crippen molar-refractivity contribution in [3.63, 3.8) is 0 Å². The number of aryl methyl sites for hydroxylation is 2. The molecule has 2 aromatic rings. The molecule has 1 aromatic carbocycles. The number of carbonyl (C=O) groups excluding carboxylic acids is 1. The molecule has 0 aliphatic carbocycles. The molecule has 1 aliphatic rings. The smallest absolute Gasteiger partial charge is 0.220 e. The van der Waals surface area contributed by atoms with Crippen LogP contribution in [0.3, 0.4) is 0 Å². The zero-order valence-electron chi connectivity index (χ0n) is 16.5. The van der Waals surface area contributed by atoms with Gasteiger partial charge in [-0.25, -0.2) is 4.68 Å². The summed E-state index contributed by atoms with van der Waals surface area (Å²) >= 11 is 0. The van der Waals surface area contributed by atoms with E-state index in [4.69, 9.17) is 0 Å². The molecule has 1 fully saturated rings. The van der Waals surface area contributed by atoms with Crippen LogP contribution in [0.25, 0.3) is 5.69 Å². The maximum Gasteiger partial charge on any atom is 0.220 e. The topological polar surface area (TPSA) is 59.0 Å². The molecule has 6 heteroatoms. The molecule has 2 N–H and O–H groups in total. The number of amides is 1. The van der Waals surface area contributed by atoms with Crippen molar-refractivity contribution in [1.82, 2.24) is 20.4 Å². The number of nitrogens with zero attached hydrogens (tertiary/aromatic N) is 2. The highest BCUT2D eigenvalue weighted by atomic mass is 35.5. The molecular formula is C21H31ClN4O. The first-order chi connectivity index (χ1) is 12.5. The van der Waals surface area contributed by atoms with E-state index in [1.807, 2.05) is 23.7 Å². The van der Waals surface area contributed by atoms with Crippen molar-refractivity contribution in [3.8, 4) is 5.69 Å². The zero-order valence-corrected chi connectivity index (χ0v) is 17.3. The summed E-state index contributed by atoms with van der Waals surface area (Å²) in [5.74, 6) is 1.15. The Labute approximate surface area is 168 Å². The number of para-hydroxylation sites is 1. The first-order valence-electron chi connectivity index (χ1n) is 9.63. The summed E-state index contributed by atoms with van der Waals surface area (Å²) in [6.45, 7) is 8.92. The van der Waals surface area contributed by atoms with Crippen molar-refractivity contribution < 1.29 is 4.79 Å². The summed E-state index contributed by atoms with van der Waals surface area (Å²) in [4.78, 5) is 12.4. The molecule has 3 rings (SSSR count). The van der Waals surface area contributed by atoms with Crippen LogP contribution in [0.5, 0.6) is 0 Å². The second-order valence-electron chi connectivity index (χ2n) is 7.53. The minimum atomic E-state index is 0. The maximum absolute atomic E-state index is 12.4. The van der Waals surface area contributed by atoms with Crippen LogP contribution in [-0.2, 0) is 11.3 Å². The molecule has 1 amide bonds. The average Bonchev–Trinajstić information content (AvgIpc) is 2.99. The van der Waals surface area contributed by atoms with E-state index in [9.17, 15) is 4.79 Å². The fraction of sp³-hybridized carbons (Fsp3) is 0.524. The summed E-state index contributed by atoms with van der Waals surface area (Å²) in [6, 6.07) is 10.2. The largest absolute Gasteiger partial charge is 0.352 e. The normalized spacial score (nSPS) is 17.8. The van der Waals surface area contributed by atoms with Gasteiger partial charge in [-0.1, -0.05) is 25.1 Å². The Morgan fingerprint density at radius 3 is 2.81 bits per heavy atom. The van der Waals surface area contributed by atoms with Crippen molar-refractivity contribution >= 4 is 18.3 Å². The number of nitrogens with one attached hydrogen (secondary N) is 2. The van der Waals surface area contributed by atoms with Crippen LogP contribution in [0.1, 0.15) is 43.1 Å². The van der Waals surface area contributed by atoms with E-state index in [1.165, 1.54) is 12.8 Å². The Morgan fingerprint density at radius 2 is 2.15 bits per heavy atom. The number of rotatable bonds is 6. The lowest BCUT2D eigenvalue weighted by Gasteiger charge is -2.28. The minimum Gasteiger partial charge on any atom is -0.352 e. The maximum atomic E-state index is 12.4. The Balaban J connectivity index is 0.00000261. The standard InChI is InChI=1S/C21H30N4O.ClH/c1-15(18-8-6-10-22-13-18)11-21(26)23-14-19-7-4-5-9-20(19)25-17(3)12-16(2)24-25;/h4-5,7,9,12,15,18,22H,6,8,10-11,13-14H2,1-3H3,(H,23,26);1H. The van der Waals surface area contributed by atoms with Crippen LogP contribution >= 0.6 is 12.4 Å². The number of piperidine rings is 1. The summed E-state index contributed by atoms with van der Waals surface area (Å²) in [6.07, 6.45) is 3.03. The van der Waals surface area contributed by atoms with Gasteiger partial charge < -0.3 is 10.6 Å². The molecule has 0 spiro atoms. The lowest BCUT2D eigenvalue weighted by molar-refractivity contribution is -0.122. The quantitative estimate of drug-likeness (QED) is 0.792. The molecule has 1 aromatic heterocycles. The Hall–Kier alpha value is -1.85. The minimum absolute atomic E-state index is 0. The van der Waals surface area contributed by atoms with E-state index < -0.39 is 0 Å². The molecule has 0 saturated carbocycles. The summed E-state index contributed by atoms with van der Waals surface area (Å²) in [7, 11) is 0. The number of carbonyl (C=O) groups is 1. The molecule has 0 radical (unpaired) electrons. The SMILES string of the molecule is Cc1cc(C)n(-c2ccccc2CNC(=O)CC(C)C2CCCNC2)n1.Cl. The molecule has 27 heavy (non-hydrogen) atoms. The number of halogens is 1. The first kappa shape index (κ1) is 21.5. The van der Waals surface area contributed by atoms with Gasteiger partial charge in [-0.2, -0.15) is 5.10 Å². The molecule has 2 atom stereocenters. The Morgan fingerprint density at radius 1 is 1.37 bits per heavy atom. The van der Waals surface area contributed by atoms with E-state index in [-0.39, 0.29) is 18.3 Å². The number of benzene rings is 1. The Kier molecular flexibility index (Phi) is 7.87. The van der Waals surface area contributed by atoms with Crippen molar-refractivity contribution in [2.45, 2.75) is 46.6 Å². The second-order valence-corrected chi connectivity index (χ2v) is 7.53. The van der Waals surface area contributed by atoms with Gasteiger partial charge in [-0.15, -0.1) is 12.4 Å². The van der Waals surface area contributed by atoms with Crippen molar-refractivity contribution in [1.29, 1.82) is 0 Å². The number of hydrogen-bond donors (Lipinski definition) is 2. The fourth-order valence-corrected chi connectivity index (χ4v) is 3.83. The van der Waals surface area contributed by atoms with Crippen LogP contribution in [0.2, 0.25) is 0 Å². The average molecular weight is 391 g/mol. The molecule has 148 valence electrons. The Bertz CT molecular complexity index is 752. The number of hydrogen-bond acceptors (Lipinski definition) is 3. The van der Waals surface area contributed by atoms with Gasteiger partial charge in [0.05, 0.1) is 11.4 Å². The van der Waals surface area contributed by atoms with E-state index >= 15 is 0 Å².